The van der Waals surface area contributed by atoms with Gasteiger partial charge in [-0.1, -0.05) is 75.0 Å². The Morgan fingerprint density at radius 1 is 0.412 bits per heavy atom. The first-order valence-electron chi connectivity index (χ1n) is 14.6. The molecule has 2 N–H and O–H groups in total. The van der Waals surface area contributed by atoms with Crippen LogP contribution in [0.25, 0.3) is 0 Å². The summed E-state index contributed by atoms with van der Waals surface area (Å²) in [5.41, 5.74) is 3.01. The Hall–Kier alpha value is -1.64. The summed E-state index contributed by atoms with van der Waals surface area (Å²) in [6.45, 7) is 4.94. The Kier molecular flexibility index (Phi) is 14.1. The van der Waals surface area contributed by atoms with Crippen LogP contribution in [0.15, 0.2) is 72.2 Å². The molecule has 0 amide bonds. The fourth-order valence-electron chi connectivity index (χ4n) is 5.38. The van der Waals surface area contributed by atoms with Crippen molar-refractivity contribution in [3.05, 3.63) is 72.2 Å². The maximum Gasteiger partial charge on any atom is 0.100 e. The zero-order valence-electron chi connectivity index (χ0n) is 21.9. The molecule has 0 fully saturated rings. The average molecular weight is 465 g/mol. The maximum atomic E-state index is 2.49. The second-order valence-electron chi connectivity index (χ2n) is 10.6. The smallest absolute Gasteiger partial charge is 0.100 e. The molecule has 0 aromatic heterocycles. The topological polar surface area (TPSA) is 8.88 Å². The van der Waals surface area contributed by atoms with Crippen LogP contribution >= 0.6 is 0 Å². The van der Waals surface area contributed by atoms with Crippen LogP contribution in [0.1, 0.15) is 103 Å². The van der Waals surface area contributed by atoms with E-state index in [-0.39, 0.29) is 0 Å². The molecule has 4 bridgehead atoms. The quantitative estimate of drug-likeness (QED) is 0.405. The van der Waals surface area contributed by atoms with E-state index in [1.165, 1.54) is 127 Å². The molecule has 2 nitrogen and oxygen atoms in total. The third-order valence-electron chi connectivity index (χ3n) is 7.48. The molecule has 0 aromatic carbocycles. The minimum Gasteiger partial charge on any atom is -0.305 e. The van der Waals surface area contributed by atoms with Gasteiger partial charge in [0.25, 0.3) is 0 Å². The van der Waals surface area contributed by atoms with E-state index in [0.717, 1.165) is 12.8 Å². The Morgan fingerprint density at radius 3 is 1.29 bits per heavy atom. The van der Waals surface area contributed by atoms with Crippen LogP contribution < -0.4 is 9.80 Å². The highest BCUT2D eigenvalue weighted by molar-refractivity contribution is 5.21. The van der Waals surface area contributed by atoms with Crippen molar-refractivity contribution in [1.82, 2.24) is 0 Å². The summed E-state index contributed by atoms with van der Waals surface area (Å²) in [4.78, 5) is 3.30. The first-order valence-corrected chi connectivity index (χ1v) is 14.6. The van der Waals surface area contributed by atoms with E-state index in [4.69, 9.17) is 0 Å². The third kappa shape index (κ3) is 12.2. The van der Waals surface area contributed by atoms with Crippen LogP contribution in [0.4, 0.5) is 0 Å². The molecule has 2 unspecified atom stereocenters. The summed E-state index contributed by atoms with van der Waals surface area (Å²) in [5.74, 6) is 0. The molecule has 0 aromatic rings. The third-order valence-corrected chi connectivity index (χ3v) is 7.48. The van der Waals surface area contributed by atoms with Crippen LogP contribution in [0.2, 0.25) is 0 Å². The molecule has 34 heavy (non-hydrogen) atoms. The molecule has 3 rings (SSSR count). The zero-order valence-corrected chi connectivity index (χ0v) is 21.9. The Bertz CT molecular complexity index is 659. The van der Waals surface area contributed by atoms with Gasteiger partial charge in [0.2, 0.25) is 0 Å². The number of nitrogens with one attached hydrogen (secondary N) is 2. The van der Waals surface area contributed by atoms with Crippen molar-refractivity contribution in [2.75, 3.05) is 26.2 Å². The second-order valence-corrected chi connectivity index (χ2v) is 10.6. The number of hydrogen-bond acceptors (Lipinski definition) is 0. The summed E-state index contributed by atoms with van der Waals surface area (Å²) in [6.07, 6.45) is 45.4. The summed E-state index contributed by atoms with van der Waals surface area (Å²) in [7, 11) is 0. The van der Waals surface area contributed by atoms with Crippen molar-refractivity contribution in [3.63, 3.8) is 0 Å². The van der Waals surface area contributed by atoms with Gasteiger partial charge in [-0.05, 0) is 76.4 Å². The molecule has 0 spiro atoms. The van der Waals surface area contributed by atoms with Gasteiger partial charge in [0.1, 0.15) is 13.1 Å². The van der Waals surface area contributed by atoms with Crippen molar-refractivity contribution >= 4 is 0 Å². The Labute approximate surface area is 210 Å². The van der Waals surface area contributed by atoms with E-state index >= 15 is 0 Å². The highest BCUT2D eigenvalue weighted by Gasteiger charge is 2.10. The van der Waals surface area contributed by atoms with E-state index in [1.54, 1.807) is 9.80 Å². The lowest BCUT2D eigenvalue weighted by Gasteiger charge is -2.17. The first-order chi connectivity index (χ1) is 16.9. The molecule has 0 radical (unpaired) electrons. The number of allylic oxidation sites excluding steroid dienone is 8. The Balaban J connectivity index is 1.40. The summed E-state index contributed by atoms with van der Waals surface area (Å²) in [5, 5.41) is 0. The zero-order chi connectivity index (χ0) is 23.5. The lowest BCUT2D eigenvalue weighted by Crippen LogP contribution is -3.07. The number of rotatable bonds is 0. The van der Waals surface area contributed by atoms with Crippen molar-refractivity contribution in [2.24, 2.45) is 0 Å². The molecular formula is C32H52N2+2. The molecule has 0 aliphatic carbocycles. The molecule has 0 saturated heterocycles. The highest BCUT2D eigenvalue weighted by Crippen LogP contribution is 2.11. The van der Waals surface area contributed by atoms with Crippen molar-refractivity contribution in [2.45, 2.75) is 103 Å². The van der Waals surface area contributed by atoms with Crippen LogP contribution in [-0.2, 0) is 0 Å². The molecule has 2 heteroatoms. The fraction of sp³-hybridized carbons (Fsp3) is 0.625. The SMILES string of the molecule is C1=CCC2=C[NH+](CC=C2)CCCCCCCCC=CCC2=C[NH+](CC=C2)CCCCCCCC1. The summed E-state index contributed by atoms with van der Waals surface area (Å²) >= 11 is 0. The molecule has 3 aliphatic rings. The van der Waals surface area contributed by atoms with Gasteiger partial charge in [-0.25, -0.2) is 0 Å². The van der Waals surface area contributed by atoms with Gasteiger partial charge < -0.3 is 9.80 Å². The standard InChI is InChI=1S/C32H50N2/c1-3-7-11-15-21-31-23-19-28-34(29-31)26-18-14-10-6-2-4-8-12-16-22-32-24-20-27-33(30-32)25-17-13-9-5-1/h11-12,15-16,19-20,23-24,29-30H,1-10,13-14,17-18,21-22,25-28H2/p+2. The predicted octanol–water partition coefficient (Wildman–Crippen LogP) is 6.03. The highest BCUT2D eigenvalue weighted by atomic mass is 15.1. The summed E-state index contributed by atoms with van der Waals surface area (Å²) in [6, 6.07) is 0. The molecule has 188 valence electrons. The number of hydrogen-bond donors (Lipinski definition) is 2. The van der Waals surface area contributed by atoms with Crippen molar-refractivity contribution < 1.29 is 9.80 Å². The van der Waals surface area contributed by atoms with Gasteiger partial charge in [-0.15, -0.1) is 0 Å². The van der Waals surface area contributed by atoms with Crippen molar-refractivity contribution in [3.8, 4) is 0 Å². The van der Waals surface area contributed by atoms with Gasteiger partial charge in [-0.2, -0.15) is 0 Å². The van der Waals surface area contributed by atoms with Gasteiger partial charge in [0, 0.05) is 11.1 Å². The molecule has 2 atom stereocenters. The molecule has 3 aliphatic heterocycles. The largest absolute Gasteiger partial charge is 0.305 e. The minimum atomic E-state index is 1.11. The van der Waals surface area contributed by atoms with E-state index < -0.39 is 0 Å². The van der Waals surface area contributed by atoms with Crippen LogP contribution in [0.5, 0.6) is 0 Å². The monoisotopic (exact) mass is 464 g/mol. The van der Waals surface area contributed by atoms with Crippen molar-refractivity contribution in [1.29, 1.82) is 0 Å². The van der Waals surface area contributed by atoms with Crippen LogP contribution in [-0.4, -0.2) is 26.2 Å². The maximum absolute atomic E-state index is 2.49. The average Bonchev–Trinajstić information content (AvgIpc) is 2.86. The van der Waals surface area contributed by atoms with Gasteiger partial charge >= 0.3 is 0 Å². The van der Waals surface area contributed by atoms with E-state index in [9.17, 15) is 0 Å². The lowest BCUT2D eigenvalue weighted by atomic mass is 10.1. The number of quaternary nitrogens is 2. The molecule has 0 saturated carbocycles. The molecular weight excluding hydrogens is 412 g/mol. The predicted molar refractivity (Wildman–Crippen MR) is 148 cm³/mol. The van der Waals surface area contributed by atoms with E-state index in [2.05, 4.69) is 61.0 Å². The normalized spacial score (nSPS) is 27.3. The Morgan fingerprint density at radius 2 is 0.824 bits per heavy atom. The van der Waals surface area contributed by atoms with Gasteiger partial charge in [0.15, 0.2) is 0 Å². The van der Waals surface area contributed by atoms with Gasteiger partial charge in [0.05, 0.1) is 25.5 Å². The van der Waals surface area contributed by atoms with Crippen LogP contribution in [0.3, 0.4) is 0 Å². The minimum absolute atomic E-state index is 1.11. The fourth-order valence-corrected chi connectivity index (χ4v) is 5.38. The van der Waals surface area contributed by atoms with Gasteiger partial charge in [-0.3, -0.25) is 0 Å². The lowest BCUT2D eigenvalue weighted by molar-refractivity contribution is -0.842. The molecule has 3 heterocycles. The second kappa shape index (κ2) is 17.7. The van der Waals surface area contributed by atoms with Crippen LogP contribution in [0, 0.1) is 0 Å². The summed E-state index contributed by atoms with van der Waals surface area (Å²) < 4.78 is 0. The van der Waals surface area contributed by atoms with E-state index in [1.807, 2.05) is 0 Å². The first kappa shape index (κ1) is 27.0. The number of fused-ring (bicyclic) bond motifs is 2. The van der Waals surface area contributed by atoms with E-state index in [0.29, 0.717) is 0 Å².